The van der Waals surface area contributed by atoms with E-state index in [0.29, 0.717) is 6.04 Å². The molecule has 0 radical (unpaired) electrons. The molecule has 0 aliphatic carbocycles. The van der Waals surface area contributed by atoms with Crippen molar-refractivity contribution in [1.29, 1.82) is 0 Å². The third kappa shape index (κ3) is 7.07. The van der Waals surface area contributed by atoms with Gasteiger partial charge in [-0.1, -0.05) is 20.3 Å². The number of aliphatic hydroxyl groups excluding tert-OH is 1. The minimum atomic E-state index is -0.158. The molecule has 0 saturated carbocycles. The van der Waals surface area contributed by atoms with Crippen LogP contribution in [0.2, 0.25) is 0 Å². The highest BCUT2D eigenvalue weighted by molar-refractivity contribution is 9.10. The average Bonchev–Trinajstić information content (AvgIpc) is 2.40. The van der Waals surface area contributed by atoms with E-state index < -0.39 is 0 Å². The molecule has 0 saturated heterocycles. The standard InChI is InChI=1S/C15H25BrN2OS/c1-12(2)18-15(3,11-19)8-4-5-9-20-14-7-6-13(16)10-17-14/h6-7,10,12,18-19H,4-5,8-9,11H2,1-3H3. The summed E-state index contributed by atoms with van der Waals surface area (Å²) in [7, 11) is 0. The highest BCUT2D eigenvalue weighted by atomic mass is 79.9. The Hall–Kier alpha value is -0.100. The molecule has 0 amide bonds. The first-order valence-corrected chi connectivity index (χ1v) is 8.86. The van der Waals surface area contributed by atoms with E-state index in [1.807, 2.05) is 18.3 Å². The van der Waals surface area contributed by atoms with Crippen molar-refractivity contribution in [2.45, 2.75) is 56.6 Å². The highest BCUT2D eigenvalue weighted by Gasteiger charge is 2.22. The largest absolute Gasteiger partial charge is 0.394 e. The molecule has 0 bridgehead atoms. The van der Waals surface area contributed by atoms with Gasteiger partial charge in [-0.3, -0.25) is 0 Å². The summed E-state index contributed by atoms with van der Waals surface area (Å²) in [5, 5.41) is 14.0. The Labute approximate surface area is 135 Å². The number of halogens is 1. The molecule has 1 rings (SSSR count). The lowest BCUT2D eigenvalue weighted by molar-refractivity contribution is 0.154. The van der Waals surface area contributed by atoms with Crippen LogP contribution in [0.15, 0.2) is 27.8 Å². The van der Waals surface area contributed by atoms with Gasteiger partial charge in [0.05, 0.1) is 11.6 Å². The fraction of sp³-hybridized carbons (Fsp3) is 0.667. The summed E-state index contributed by atoms with van der Waals surface area (Å²) in [4.78, 5) is 4.34. The van der Waals surface area contributed by atoms with Crippen LogP contribution in [0.3, 0.4) is 0 Å². The molecule has 114 valence electrons. The van der Waals surface area contributed by atoms with Gasteiger partial charge in [-0.2, -0.15) is 0 Å². The molecule has 1 unspecified atom stereocenters. The Kier molecular flexibility index (Phi) is 8.10. The molecule has 0 spiro atoms. The first-order valence-electron chi connectivity index (χ1n) is 7.08. The maximum atomic E-state index is 9.51. The zero-order chi connectivity index (χ0) is 15.0. The Balaban J connectivity index is 2.22. The molecular weight excluding hydrogens is 336 g/mol. The Bertz CT molecular complexity index is 386. The number of rotatable bonds is 9. The van der Waals surface area contributed by atoms with Gasteiger partial charge in [0.2, 0.25) is 0 Å². The molecule has 0 aliphatic rings. The lowest BCUT2D eigenvalue weighted by Gasteiger charge is -2.31. The van der Waals surface area contributed by atoms with Crippen LogP contribution in [0.1, 0.15) is 40.0 Å². The summed E-state index contributed by atoms with van der Waals surface area (Å²) in [5.41, 5.74) is -0.158. The molecule has 0 aromatic carbocycles. The molecule has 1 atom stereocenters. The number of nitrogens with zero attached hydrogens (tertiary/aromatic N) is 1. The van der Waals surface area contributed by atoms with E-state index in [4.69, 9.17) is 0 Å². The molecule has 0 aliphatic heterocycles. The highest BCUT2D eigenvalue weighted by Crippen LogP contribution is 2.21. The number of aliphatic hydroxyl groups is 1. The van der Waals surface area contributed by atoms with Crippen molar-refractivity contribution in [3.8, 4) is 0 Å². The number of thioether (sulfide) groups is 1. The molecule has 3 nitrogen and oxygen atoms in total. The molecule has 20 heavy (non-hydrogen) atoms. The van der Waals surface area contributed by atoms with Gasteiger partial charge in [0, 0.05) is 22.3 Å². The van der Waals surface area contributed by atoms with E-state index in [1.165, 1.54) is 0 Å². The first-order chi connectivity index (χ1) is 9.45. The van der Waals surface area contributed by atoms with E-state index in [1.54, 1.807) is 11.8 Å². The van der Waals surface area contributed by atoms with Crippen LogP contribution in [0.4, 0.5) is 0 Å². The normalized spacial score (nSPS) is 14.5. The van der Waals surface area contributed by atoms with Crippen molar-refractivity contribution in [3.63, 3.8) is 0 Å². The van der Waals surface area contributed by atoms with Gasteiger partial charge in [0.1, 0.15) is 0 Å². The Morgan fingerprint density at radius 3 is 2.70 bits per heavy atom. The number of hydrogen-bond donors (Lipinski definition) is 2. The minimum absolute atomic E-state index is 0.158. The van der Waals surface area contributed by atoms with Crippen molar-refractivity contribution in [2.24, 2.45) is 0 Å². The number of aromatic nitrogens is 1. The van der Waals surface area contributed by atoms with Gasteiger partial charge >= 0.3 is 0 Å². The number of nitrogens with one attached hydrogen (secondary N) is 1. The summed E-state index contributed by atoms with van der Waals surface area (Å²) in [6, 6.07) is 4.45. The van der Waals surface area contributed by atoms with Crippen molar-refractivity contribution < 1.29 is 5.11 Å². The number of hydrogen-bond acceptors (Lipinski definition) is 4. The second kappa shape index (κ2) is 9.03. The lowest BCUT2D eigenvalue weighted by Crippen LogP contribution is -2.49. The summed E-state index contributed by atoms with van der Waals surface area (Å²) in [6.45, 7) is 6.51. The third-order valence-corrected chi connectivity index (χ3v) is 4.56. The minimum Gasteiger partial charge on any atom is -0.394 e. The molecule has 1 aromatic rings. The quantitative estimate of drug-likeness (QED) is 0.518. The van der Waals surface area contributed by atoms with E-state index in [0.717, 1.165) is 34.5 Å². The van der Waals surface area contributed by atoms with Gasteiger partial charge in [0.25, 0.3) is 0 Å². The van der Waals surface area contributed by atoms with Crippen LogP contribution >= 0.6 is 27.7 Å². The second-order valence-corrected chi connectivity index (χ2v) is 7.67. The number of unbranched alkanes of at least 4 members (excludes halogenated alkanes) is 1. The molecule has 1 heterocycles. The van der Waals surface area contributed by atoms with E-state index >= 15 is 0 Å². The zero-order valence-corrected chi connectivity index (χ0v) is 14.9. The third-order valence-electron chi connectivity index (χ3n) is 3.06. The average molecular weight is 361 g/mol. The summed E-state index contributed by atoms with van der Waals surface area (Å²) in [5.74, 6) is 1.07. The van der Waals surface area contributed by atoms with Crippen LogP contribution < -0.4 is 5.32 Å². The topological polar surface area (TPSA) is 45.1 Å². The summed E-state index contributed by atoms with van der Waals surface area (Å²) >= 11 is 5.17. The van der Waals surface area contributed by atoms with Gasteiger partial charge in [-0.05, 0) is 53.6 Å². The predicted molar refractivity (Wildman–Crippen MR) is 90.3 cm³/mol. The van der Waals surface area contributed by atoms with Crippen LogP contribution in [-0.4, -0.2) is 34.0 Å². The van der Waals surface area contributed by atoms with Crippen molar-refractivity contribution in [3.05, 3.63) is 22.8 Å². The predicted octanol–water partition coefficient (Wildman–Crippen LogP) is 3.86. The molecule has 0 fully saturated rings. The maximum absolute atomic E-state index is 9.51. The fourth-order valence-corrected chi connectivity index (χ4v) is 3.22. The zero-order valence-electron chi connectivity index (χ0n) is 12.5. The van der Waals surface area contributed by atoms with Crippen LogP contribution in [0.25, 0.3) is 0 Å². The lowest BCUT2D eigenvalue weighted by atomic mass is 9.95. The van der Waals surface area contributed by atoms with Gasteiger partial charge in [0.15, 0.2) is 0 Å². The Morgan fingerprint density at radius 1 is 1.40 bits per heavy atom. The van der Waals surface area contributed by atoms with Crippen LogP contribution in [0.5, 0.6) is 0 Å². The second-order valence-electron chi connectivity index (χ2n) is 5.64. The van der Waals surface area contributed by atoms with Gasteiger partial charge < -0.3 is 10.4 Å². The van der Waals surface area contributed by atoms with Crippen molar-refractivity contribution in [2.75, 3.05) is 12.4 Å². The maximum Gasteiger partial charge on any atom is 0.0960 e. The van der Waals surface area contributed by atoms with Crippen LogP contribution in [0, 0.1) is 0 Å². The first kappa shape index (κ1) is 18.0. The SMILES string of the molecule is CC(C)NC(C)(CO)CCCCSc1ccc(Br)cn1. The van der Waals surface area contributed by atoms with Gasteiger partial charge in [-0.15, -0.1) is 11.8 Å². The van der Waals surface area contributed by atoms with E-state index in [-0.39, 0.29) is 12.1 Å². The molecule has 1 aromatic heterocycles. The van der Waals surface area contributed by atoms with Gasteiger partial charge in [-0.25, -0.2) is 4.98 Å². The smallest absolute Gasteiger partial charge is 0.0960 e. The molecular formula is C15H25BrN2OS. The Morgan fingerprint density at radius 2 is 2.15 bits per heavy atom. The summed E-state index contributed by atoms with van der Waals surface area (Å²) in [6.07, 6.45) is 5.08. The molecule has 2 N–H and O–H groups in total. The van der Waals surface area contributed by atoms with Crippen molar-refractivity contribution in [1.82, 2.24) is 10.3 Å². The van der Waals surface area contributed by atoms with Crippen LogP contribution in [-0.2, 0) is 0 Å². The number of pyridine rings is 1. The molecule has 5 heteroatoms. The van der Waals surface area contributed by atoms with E-state index in [2.05, 4.69) is 47.0 Å². The monoisotopic (exact) mass is 360 g/mol. The fourth-order valence-electron chi connectivity index (χ4n) is 2.14. The van der Waals surface area contributed by atoms with E-state index in [9.17, 15) is 5.11 Å². The van der Waals surface area contributed by atoms with Crippen molar-refractivity contribution >= 4 is 27.7 Å². The summed E-state index contributed by atoms with van der Waals surface area (Å²) < 4.78 is 1.01.